The van der Waals surface area contributed by atoms with E-state index in [-0.39, 0.29) is 16.9 Å². The first-order valence-electron chi connectivity index (χ1n) is 11.6. The number of nitrogens with one attached hydrogen (secondary N) is 2. The van der Waals surface area contributed by atoms with E-state index in [2.05, 4.69) is 15.5 Å². The summed E-state index contributed by atoms with van der Waals surface area (Å²) in [4.78, 5) is 27.9. The Morgan fingerprint density at radius 2 is 1.75 bits per heavy atom. The van der Waals surface area contributed by atoms with Crippen LogP contribution in [0, 0.1) is 6.92 Å². The van der Waals surface area contributed by atoms with Crippen LogP contribution in [0.3, 0.4) is 0 Å². The van der Waals surface area contributed by atoms with Crippen molar-refractivity contribution in [3.63, 3.8) is 0 Å². The first-order chi connectivity index (χ1) is 17.3. The Labute approximate surface area is 220 Å². The second-order valence-corrected chi connectivity index (χ2v) is 9.30. The van der Waals surface area contributed by atoms with Crippen LogP contribution >= 0.6 is 23.8 Å². The fourth-order valence-electron chi connectivity index (χ4n) is 3.85. The quantitative estimate of drug-likeness (QED) is 0.358. The molecule has 7 nitrogen and oxygen atoms in total. The monoisotopic (exact) mass is 522 g/mol. The molecule has 0 unspecified atom stereocenters. The smallest absolute Gasteiger partial charge is 0.250 e. The first-order valence-corrected chi connectivity index (χ1v) is 12.3. The molecule has 2 amide bonds. The number of nitrogens with zero attached hydrogens (tertiary/aromatic N) is 2. The average molecular weight is 523 g/mol. The summed E-state index contributed by atoms with van der Waals surface area (Å²) < 4.78 is 5.80. The number of hydrogen-bond donors (Lipinski definition) is 2. The molecule has 0 atom stereocenters. The number of halogens is 1. The van der Waals surface area contributed by atoms with E-state index >= 15 is 0 Å². The largest absolute Gasteiger partial charge is 0.457 e. The van der Waals surface area contributed by atoms with Gasteiger partial charge in [-0.3, -0.25) is 14.9 Å². The number of rotatable bonds is 5. The number of carbonyl (C=O) groups is 2. The van der Waals surface area contributed by atoms with Gasteiger partial charge in [0.25, 0.3) is 0 Å². The number of amides is 2. The van der Waals surface area contributed by atoms with E-state index in [1.165, 1.54) is 6.08 Å². The number of benzene rings is 2. The number of aryl methyl sites for hydroxylation is 1. The molecule has 1 aliphatic rings. The van der Waals surface area contributed by atoms with Crippen molar-refractivity contribution in [2.45, 2.75) is 13.8 Å². The van der Waals surface area contributed by atoms with Gasteiger partial charge in [-0.05, 0) is 73.2 Å². The molecule has 186 valence electrons. The molecule has 0 saturated carbocycles. The maximum absolute atomic E-state index is 12.3. The molecule has 9 heteroatoms. The molecule has 36 heavy (non-hydrogen) atoms. The fourth-order valence-corrected chi connectivity index (χ4v) is 4.25. The fraction of sp³-hybridized carbons (Fsp3) is 0.222. The first kappa shape index (κ1) is 25.5. The standard InChI is InChI=1S/C27H27ClN4O3S/c1-18-3-4-20(17-24(18)28)25-11-9-23(35-25)10-12-26(34)30-27(36)29-21-5-7-22(8-6-21)32-15-13-31(14-16-32)19(2)33/h3-12,17H,13-16H2,1-2H3,(H2,29,30,34,36)/b12-10+. The molecule has 0 radical (unpaired) electrons. The minimum absolute atomic E-state index is 0.112. The van der Waals surface area contributed by atoms with Crippen molar-refractivity contribution in [3.05, 3.63) is 77.0 Å². The summed E-state index contributed by atoms with van der Waals surface area (Å²) in [5.41, 5.74) is 3.70. The highest BCUT2D eigenvalue weighted by Gasteiger charge is 2.18. The van der Waals surface area contributed by atoms with Gasteiger partial charge >= 0.3 is 0 Å². The maximum atomic E-state index is 12.3. The van der Waals surface area contributed by atoms with Crippen LogP contribution in [0.2, 0.25) is 5.02 Å². The molecular formula is C27H27ClN4O3S. The zero-order valence-corrected chi connectivity index (χ0v) is 21.7. The Hall–Kier alpha value is -3.62. The lowest BCUT2D eigenvalue weighted by atomic mass is 10.1. The predicted molar refractivity (Wildman–Crippen MR) is 148 cm³/mol. The number of piperazine rings is 1. The SMILES string of the molecule is CC(=O)N1CCN(c2ccc(NC(=S)NC(=O)/C=C/c3ccc(-c4ccc(C)c(Cl)c4)o3)cc2)CC1. The summed E-state index contributed by atoms with van der Waals surface area (Å²) in [6, 6.07) is 17.1. The molecule has 0 aliphatic carbocycles. The van der Waals surface area contributed by atoms with Gasteiger partial charge in [-0.2, -0.15) is 0 Å². The Morgan fingerprint density at radius 1 is 1.03 bits per heavy atom. The van der Waals surface area contributed by atoms with E-state index in [1.807, 2.05) is 60.4 Å². The van der Waals surface area contributed by atoms with E-state index in [1.54, 1.807) is 19.1 Å². The van der Waals surface area contributed by atoms with E-state index in [4.69, 9.17) is 28.2 Å². The summed E-state index contributed by atoms with van der Waals surface area (Å²) in [6.07, 6.45) is 2.94. The van der Waals surface area contributed by atoms with Crippen LogP contribution < -0.4 is 15.5 Å². The van der Waals surface area contributed by atoms with Gasteiger partial charge in [0.05, 0.1) is 0 Å². The molecule has 2 N–H and O–H groups in total. The van der Waals surface area contributed by atoms with Crippen LogP contribution in [0.4, 0.5) is 11.4 Å². The van der Waals surface area contributed by atoms with Crippen molar-refractivity contribution < 1.29 is 14.0 Å². The van der Waals surface area contributed by atoms with Gasteiger partial charge in [-0.15, -0.1) is 0 Å². The Balaban J connectivity index is 1.26. The lowest BCUT2D eigenvalue weighted by Crippen LogP contribution is -2.48. The van der Waals surface area contributed by atoms with Gasteiger partial charge in [0.1, 0.15) is 11.5 Å². The van der Waals surface area contributed by atoms with Gasteiger partial charge in [-0.1, -0.05) is 23.7 Å². The highest BCUT2D eigenvalue weighted by atomic mass is 35.5. The molecule has 2 heterocycles. The van der Waals surface area contributed by atoms with Crippen LogP contribution in [-0.4, -0.2) is 48.0 Å². The number of thiocarbonyl (C=S) groups is 1. The number of anilines is 2. The third-order valence-electron chi connectivity index (χ3n) is 5.93. The van der Waals surface area contributed by atoms with Crippen molar-refractivity contribution >= 4 is 58.2 Å². The van der Waals surface area contributed by atoms with Crippen LogP contribution in [0.5, 0.6) is 0 Å². The predicted octanol–water partition coefficient (Wildman–Crippen LogP) is 5.10. The normalized spacial score (nSPS) is 13.6. The molecular weight excluding hydrogens is 496 g/mol. The minimum Gasteiger partial charge on any atom is -0.457 e. The van der Waals surface area contributed by atoms with Gasteiger partial charge < -0.3 is 19.5 Å². The van der Waals surface area contributed by atoms with Crippen molar-refractivity contribution in [1.82, 2.24) is 10.2 Å². The molecule has 1 fully saturated rings. The summed E-state index contributed by atoms with van der Waals surface area (Å²) in [7, 11) is 0. The molecule has 3 aromatic rings. The van der Waals surface area contributed by atoms with Crippen LogP contribution in [-0.2, 0) is 9.59 Å². The molecule has 4 rings (SSSR count). The lowest BCUT2D eigenvalue weighted by molar-refractivity contribution is -0.129. The van der Waals surface area contributed by atoms with Crippen LogP contribution in [0.1, 0.15) is 18.2 Å². The van der Waals surface area contributed by atoms with Crippen molar-refractivity contribution in [3.8, 4) is 11.3 Å². The summed E-state index contributed by atoms with van der Waals surface area (Å²) in [6.45, 7) is 6.57. The third kappa shape index (κ3) is 6.53. The molecule has 1 aliphatic heterocycles. The average Bonchev–Trinajstić information content (AvgIpc) is 3.34. The highest BCUT2D eigenvalue weighted by Crippen LogP contribution is 2.27. The molecule has 2 aromatic carbocycles. The summed E-state index contributed by atoms with van der Waals surface area (Å²) in [5, 5.41) is 6.51. The topological polar surface area (TPSA) is 77.8 Å². The zero-order chi connectivity index (χ0) is 25.7. The second kappa shape index (κ2) is 11.4. The van der Waals surface area contributed by atoms with Crippen molar-refractivity contribution in [1.29, 1.82) is 0 Å². The van der Waals surface area contributed by atoms with E-state index < -0.39 is 0 Å². The van der Waals surface area contributed by atoms with E-state index in [0.29, 0.717) is 16.5 Å². The summed E-state index contributed by atoms with van der Waals surface area (Å²) in [5.74, 6) is 0.943. The van der Waals surface area contributed by atoms with Gasteiger partial charge in [0.15, 0.2) is 5.11 Å². The molecule has 1 aromatic heterocycles. The third-order valence-corrected chi connectivity index (χ3v) is 6.55. The Bertz CT molecular complexity index is 1290. The Morgan fingerprint density at radius 3 is 2.42 bits per heavy atom. The van der Waals surface area contributed by atoms with Gasteiger partial charge in [0, 0.05) is 61.1 Å². The molecule has 0 spiro atoms. The summed E-state index contributed by atoms with van der Waals surface area (Å²) >= 11 is 11.5. The zero-order valence-electron chi connectivity index (χ0n) is 20.1. The lowest BCUT2D eigenvalue weighted by Gasteiger charge is -2.35. The van der Waals surface area contributed by atoms with E-state index in [9.17, 15) is 9.59 Å². The number of carbonyl (C=O) groups excluding carboxylic acids is 2. The second-order valence-electron chi connectivity index (χ2n) is 8.48. The highest BCUT2D eigenvalue weighted by molar-refractivity contribution is 7.80. The van der Waals surface area contributed by atoms with Crippen LogP contribution in [0.25, 0.3) is 17.4 Å². The Kier molecular flexibility index (Phi) is 8.07. The molecule has 0 bridgehead atoms. The van der Waals surface area contributed by atoms with Crippen molar-refractivity contribution in [2.24, 2.45) is 0 Å². The van der Waals surface area contributed by atoms with Gasteiger partial charge in [-0.25, -0.2) is 0 Å². The molecule has 1 saturated heterocycles. The van der Waals surface area contributed by atoms with Crippen molar-refractivity contribution in [2.75, 3.05) is 36.4 Å². The van der Waals surface area contributed by atoms with Crippen LogP contribution in [0.15, 0.2) is 65.1 Å². The maximum Gasteiger partial charge on any atom is 0.250 e. The van der Waals surface area contributed by atoms with E-state index in [0.717, 1.165) is 48.7 Å². The minimum atomic E-state index is -0.371. The van der Waals surface area contributed by atoms with Gasteiger partial charge in [0.2, 0.25) is 11.8 Å². The number of furan rings is 1. The number of hydrogen-bond acceptors (Lipinski definition) is 5.